The van der Waals surface area contributed by atoms with E-state index in [9.17, 15) is 4.79 Å². The lowest BCUT2D eigenvalue weighted by molar-refractivity contribution is 0.00463. The molecule has 1 unspecified atom stereocenters. The molecule has 0 aromatic heterocycles. The molecule has 1 saturated heterocycles. The molecule has 2 rings (SSSR count). The Kier molecular flexibility index (Phi) is 5.05. The van der Waals surface area contributed by atoms with Crippen molar-refractivity contribution in [1.29, 1.82) is 0 Å². The fourth-order valence-corrected chi connectivity index (χ4v) is 2.30. The summed E-state index contributed by atoms with van der Waals surface area (Å²) < 4.78 is 5.62. The van der Waals surface area contributed by atoms with Crippen molar-refractivity contribution < 1.29 is 9.53 Å². The van der Waals surface area contributed by atoms with Crippen LogP contribution < -0.4 is 5.32 Å². The maximum Gasteiger partial charge on any atom is 0.321 e. The molecule has 0 aliphatic carbocycles. The number of urea groups is 1. The van der Waals surface area contributed by atoms with Gasteiger partial charge in [-0.1, -0.05) is 23.7 Å². The number of nitrogens with zero attached hydrogens (tertiary/aromatic N) is 1. The van der Waals surface area contributed by atoms with Gasteiger partial charge in [-0.25, -0.2) is 4.79 Å². The Morgan fingerprint density at radius 2 is 2.26 bits per heavy atom. The van der Waals surface area contributed by atoms with Crippen molar-refractivity contribution >= 4 is 23.3 Å². The first kappa shape index (κ1) is 14.2. The lowest BCUT2D eigenvalue weighted by Crippen LogP contribution is -2.39. The number of carbonyl (C=O) groups excluding carboxylic acids is 1. The monoisotopic (exact) mass is 282 g/mol. The predicted octanol–water partition coefficient (Wildman–Crippen LogP) is 3.37. The molecule has 2 amide bonds. The first-order valence-electron chi connectivity index (χ1n) is 6.55. The number of carbonyl (C=O) groups is 1. The SMILES string of the molecule is CN(CC1CCCCO1)C(=O)Nc1ccccc1Cl. The summed E-state index contributed by atoms with van der Waals surface area (Å²) in [6, 6.07) is 7.04. The van der Waals surface area contributed by atoms with Crippen LogP contribution in [0, 0.1) is 0 Å². The summed E-state index contributed by atoms with van der Waals surface area (Å²) in [6.45, 7) is 1.40. The molecule has 104 valence electrons. The van der Waals surface area contributed by atoms with Crippen molar-refractivity contribution in [3.8, 4) is 0 Å². The quantitative estimate of drug-likeness (QED) is 0.923. The summed E-state index contributed by atoms with van der Waals surface area (Å²) in [5.41, 5.74) is 0.630. The Morgan fingerprint density at radius 3 is 2.95 bits per heavy atom. The van der Waals surface area contributed by atoms with Crippen LogP contribution in [0.2, 0.25) is 5.02 Å². The number of nitrogens with one attached hydrogen (secondary N) is 1. The van der Waals surface area contributed by atoms with E-state index in [-0.39, 0.29) is 12.1 Å². The first-order chi connectivity index (χ1) is 9.16. The Balaban J connectivity index is 1.87. The lowest BCUT2D eigenvalue weighted by atomic mass is 10.1. The van der Waals surface area contributed by atoms with E-state index in [2.05, 4.69) is 5.32 Å². The number of ether oxygens (including phenoxy) is 1. The van der Waals surface area contributed by atoms with Crippen LogP contribution in [0.1, 0.15) is 19.3 Å². The zero-order valence-electron chi connectivity index (χ0n) is 11.1. The molecule has 4 nitrogen and oxygen atoms in total. The van der Waals surface area contributed by atoms with Crippen LogP contribution in [0.5, 0.6) is 0 Å². The molecule has 0 bridgehead atoms. The lowest BCUT2D eigenvalue weighted by Gasteiger charge is -2.27. The molecular weight excluding hydrogens is 264 g/mol. The smallest absolute Gasteiger partial charge is 0.321 e. The van der Waals surface area contributed by atoms with Crippen LogP contribution in [0.15, 0.2) is 24.3 Å². The van der Waals surface area contributed by atoms with E-state index < -0.39 is 0 Å². The van der Waals surface area contributed by atoms with Crippen LogP contribution in [-0.2, 0) is 4.74 Å². The summed E-state index contributed by atoms with van der Waals surface area (Å²) in [7, 11) is 1.77. The standard InChI is InChI=1S/C14H19ClN2O2/c1-17(10-11-6-4-5-9-19-11)14(18)16-13-8-3-2-7-12(13)15/h2-3,7-8,11H,4-6,9-10H2,1H3,(H,16,18). The average molecular weight is 283 g/mol. The van der Waals surface area contributed by atoms with Crippen molar-refractivity contribution in [2.45, 2.75) is 25.4 Å². The minimum atomic E-state index is -0.165. The molecule has 1 atom stereocenters. The predicted molar refractivity (Wildman–Crippen MR) is 76.7 cm³/mol. The molecule has 1 heterocycles. The largest absolute Gasteiger partial charge is 0.376 e. The van der Waals surface area contributed by atoms with Gasteiger partial charge in [-0.15, -0.1) is 0 Å². The Bertz CT molecular complexity index is 433. The van der Waals surface area contributed by atoms with Crippen molar-refractivity contribution in [2.75, 3.05) is 25.5 Å². The van der Waals surface area contributed by atoms with E-state index in [1.54, 1.807) is 24.1 Å². The Hall–Kier alpha value is -1.26. The molecule has 1 aromatic carbocycles. The molecule has 0 radical (unpaired) electrons. The van der Waals surface area contributed by atoms with E-state index in [1.807, 2.05) is 12.1 Å². The topological polar surface area (TPSA) is 41.6 Å². The van der Waals surface area contributed by atoms with E-state index in [0.717, 1.165) is 19.4 Å². The average Bonchev–Trinajstić information content (AvgIpc) is 2.42. The van der Waals surface area contributed by atoms with Crippen molar-refractivity contribution in [3.63, 3.8) is 0 Å². The molecule has 1 N–H and O–H groups in total. The fraction of sp³-hybridized carbons (Fsp3) is 0.500. The molecule has 0 saturated carbocycles. The second kappa shape index (κ2) is 6.78. The molecule has 1 aliphatic rings. The van der Waals surface area contributed by atoms with Crippen molar-refractivity contribution in [1.82, 2.24) is 4.90 Å². The molecular formula is C14H19ClN2O2. The van der Waals surface area contributed by atoms with Crippen LogP contribution in [-0.4, -0.2) is 37.2 Å². The van der Waals surface area contributed by atoms with Crippen LogP contribution in [0.4, 0.5) is 10.5 Å². The van der Waals surface area contributed by atoms with Gasteiger partial charge >= 0.3 is 6.03 Å². The molecule has 19 heavy (non-hydrogen) atoms. The van der Waals surface area contributed by atoms with E-state index in [1.165, 1.54) is 6.42 Å². The number of para-hydroxylation sites is 1. The normalized spacial score (nSPS) is 18.9. The second-order valence-electron chi connectivity index (χ2n) is 4.78. The third-order valence-electron chi connectivity index (χ3n) is 3.21. The highest BCUT2D eigenvalue weighted by molar-refractivity contribution is 6.33. The number of hydrogen-bond donors (Lipinski definition) is 1. The summed E-state index contributed by atoms with van der Waals surface area (Å²) in [6.07, 6.45) is 3.45. The van der Waals surface area contributed by atoms with Crippen molar-refractivity contribution in [3.05, 3.63) is 29.3 Å². The maximum atomic E-state index is 12.0. The van der Waals surface area contributed by atoms with Crippen LogP contribution >= 0.6 is 11.6 Å². The van der Waals surface area contributed by atoms with Crippen LogP contribution in [0.25, 0.3) is 0 Å². The molecule has 1 fully saturated rings. The zero-order valence-corrected chi connectivity index (χ0v) is 11.8. The van der Waals surface area contributed by atoms with Gasteiger partial charge in [-0.05, 0) is 31.4 Å². The molecule has 1 aliphatic heterocycles. The van der Waals surface area contributed by atoms with Crippen molar-refractivity contribution in [2.24, 2.45) is 0 Å². The van der Waals surface area contributed by atoms with Gasteiger partial charge < -0.3 is 15.0 Å². The van der Waals surface area contributed by atoms with Gasteiger partial charge in [0, 0.05) is 20.2 Å². The number of halogens is 1. The number of rotatable bonds is 3. The highest BCUT2D eigenvalue weighted by Gasteiger charge is 2.19. The van der Waals surface area contributed by atoms with Gasteiger partial charge in [0.15, 0.2) is 0 Å². The van der Waals surface area contributed by atoms with Gasteiger partial charge in [0.25, 0.3) is 0 Å². The number of benzene rings is 1. The minimum Gasteiger partial charge on any atom is -0.376 e. The van der Waals surface area contributed by atoms with Gasteiger partial charge in [-0.2, -0.15) is 0 Å². The zero-order chi connectivity index (χ0) is 13.7. The van der Waals surface area contributed by atoms with Gasteiger partial charge in [0.05, 0.1) is 16.8 Å². The highest BCUT2D eigenvalue weighted by atomic mass is 35.5. The minimum absolute atomic E-state index is 0.149. The summed E-state index contributed by atoms with van der Waals surface area (Å²) >= 11 is 6.01. The second-order valence-corrected chi connectivity index (χ2v) is 5.19. The maximum absolute atomic E-state index is 12.0. The number of amides is 2. The summed E-state index contributed by atoms with van der Waals surface area (Å²) in [5.74, 6) is 0. The van der Waals surface area contributed by atoms with Gasteiger partial charge in [0.2, 0.25) is 0 Å². The molecule has 0 spiro atoms. The third kappa shape index (κ3) is 4.11. The third-order valence-corrected chi connectivity index (χ3v) is 3.54. The first-order valence-corrected chi connectivity index (χ1v) is 6.93. The number of anilines is 1. The van der Waals surface area contributed by atoms with Gasteiger partial charge in [0.1, 0.15) is 0 Å². The highest BCUT2D eigenvalue weighted by Crippen LogP contribution is 2.21. The summed E-state index contributed by atoms with van der Waals surface area (Å²) in [4.78, 5) is 13.7. The van der Waals surface area contributed by atoms with E-state index in [4.69, 9.17) is 16.3 Å². The van der Waals surface area contributed by atoms with Crippen LogP contribution in [0.3, 0.4) is 0 Å². The van der Waals surface area contributed by atoms with E-state index in [0.29, 0.717) is 17.3 Å². The number of likely N-dealkylation sites (N-methyl/N-ethyl adjacent to an activating group) is 1. The molecule has 5 heteroatoms. The summed E-state index contributed by atoms with van der Waals surface area (Å²) in [5, 5.41) is 3.34. The van der Waals surface area contributed by atoms with Gasteiger partial charge in [-0.3, -0.25) is 0 Å². The fourth-order valence-electron chi connectivity index (χ4n) is 2.11. The molecule has 1 aromatic rings. The Morgan fingerprint density at radius 1 is 1.47 bits per heavy atom. The van der Waals surface area contributed by atoms with E-state index >= 15 is 0 Å². The number of hydrogen-bond acceptors (Lipinski definition) is 2. The Labute approximate surface area is 118 Å².